The number of hydrogen-bond donors (Lipinski definition) is 1. The fourth-order valence-electron chi connectivity index (χ4n) is 5.28. The Bertz CT molecular complexity index is 1420. The van der Waals surface area contributed by atoms with Gasteiger partial charge in [-0.3, -0.25) is 14.3 Å². The van der Waals surface area contributed by atoms with E-state index in [1.807, 2.05) is 66.1 Å². The zero-order valence-corrected chi connectivity index (χ0v) is 23.7. The van der Waals surface area contributed by atoms with E-state index >= 15 is 0 Å². The molecule has 0 bridgehead atoms. The first kappa shape index (κ1) is 27.0. The summed E-state index contributed by atoms with van der Waals surface area (Å²) in [6.07, 6.45) is 0.900. The number of nitrogens with one attached hydrogen (secondary N) is 1. The van der Waals surface area contributed by atoms with Crippen LogP contribution in [0.3, 0.4) is 0 Å². The van der Waals surface area contributed by atoms with Crippen LogP contribution < -0.4 is 10.2 Å². The number of amides is 1. The Balaban J connectivity index is 1.19. The van der Waals surface area contributed by atoms with Gasteiger partial charge in [-0.1, -0.05) is 54.1 Å². The van der Waals surface area contributed by atoms with Gasteiger partial charge in [0.15, 0.2) is 0 Å². The molecule has 0 atom stereocenters. The Morgan fingerprint density at radius 1 is 0.897 bits per heavy atom. The average molecular weight is 542 g/mol. The van der Waals surface area contributed by atoms with Crippen LogP contribution in [0.25, 0.3) is 17.1 Å². The van der Waals surface area contributed by atoms with Gasteiger partial charge in [0, 0.05) is 54.7 Å². The number of halogens is 1. The molecule has 2 heterocycles. The molecule has 6 nitrogen and oxygen atoms in total. The minimum Gasteiger partial charge on any atom is -0.369 e. The fourth-order valence-corrected chi connectivity index (χ4v) is 5.41. The molecular weight excluding hydrogens is 506 g/mol. The molecule has 1 aromatic heterocycles. The molecule has 0 aliphatic carbocycles. The van der Waals surface area contributed by atoms with Gasteiger partial charge in [-0.05, 0) is 75.2 Å². The van der Waals surface area contributed by atoms with Gasteiger partial charge in [0.2, 0.25) is 0 Å². The normalized spacial score (nSPS) is 14.0. The lowest BCUT2D eigenvalue weighted by atomic mass is 10.1. The molecule has 7 heteroatoms. The number of piperazine rings is 1. The number of aryl methyl sites for hydroxylation is 1. The molecule has 1 aliphatic heterocycles. The Morgan fingerprint density at radius 3 is 2.33 bits per heavy atom. The van der Waals surface area contributed by atoms with Crippen LogP contribution in [0.2, 0.25) is 5.02 Å². The summed E-state index contributed by atoms with van der Waals surface area (Å²) in [7, 11) is 0. The highest BCUT2D eigenvalue weighted by Crippen LogP contribution is 2.27. The molecule has 1 N–H and O–H groups in total. The highest BCUT2D eigenvalue weighted by molar-refractivity contribution is 6.30. The number of imidazole rings is 1. The van der Waals surface area contributed by atoms with Crippen molar-refractivity contribution >= 4 is 23.2 Å². The number of aromatic nitrogens is 2. The quantitative estimate of drug-likeness (QED) is 0.275. The second-order valence-electron chi connectivity index (χ2n) is 10.2. The molecule has 3 aromatic carbocycles. The monoisotopic (exact) mass is 541 g/mol. The predicted molar refractivity (Wildman–Crippen MR) is 160 cm³/mol. The zero-order valence-electron chi connectivity index (χ0n) is 23.0. The minimum atomic E-state index is -0.142. The zero-order chi connectivity index (χ0) is 27.4. The van der Waals surface area contributed by atoms with Crippen LogP contribution in [0.1, 0.15) is 33.7 Å². The van der Waals surface area contributed by atoms with E-state index in [2.05, 4.69) is 47.2 Å². The van der Waals surface area contributed by atoms with Gasteiger partial charge in [0.1, 0.15) is 11.5 Å². The van der Waals surface area contributed by atoms with E-state index in [9.17, 15) is 4.79 Å². The van der Waals surface area contributed by atoms with Gasteiger partial charge >= 0.3 is 0 Å². The number of anilines is 1. The third-order valence-electron chi connectivity index (χ3n) is 7.67. The van der Waals surface area contributed by atoms with E-state index in [1.54, 1.807) is 0 Å². The second kappa shape index (κ2) is 12.1. The van der Waals surface area contributed by atoms with Crippen LogP contribution in [0.4, 0.5) is 5.69 Å². The molecule has 0 radical (unpaired) electrons. The Kier molecular flexibility index (Phi) is 8.34. The molecule has 0 unspecified atom stereocenters. The number of hydrogen-bond acceptors (Lipinski definition) is 4. The van der Waals surface area contributed by atoms with Crippen LogP contribution in [-0.4, -0.2) is 59.6 Å². The maximum Gasteiger partial charge on any atom is 0.271 e. The molecule has 1 aliphatic rings. The highest BCUT2D eigenvalue weighted by Gasteiger charge is 2.22. The fraction of sp³-hybridized carbons (Fsp3) is 0.312. The molecule has 4 aromatic rings. The van der Waals surface area contributed by atoms with Crippen LogP contribution in [-0.2, 0) is 0 Å². The largest absolute Gasteiger partial charge is 0.369 e. The van der Waals surface area contributed by atoms with E-state index in [0.717, 1.165) is 61.9 Å². The summed E-state index contributed by atoms with van der Waals surface area (Å²) in [6, 6.07) is 24.1. The highest BCUT2D eigenvalue weighted by atomic mass is 35.5. The molecular formula is C32H36ClN5O. The predicted octanol–water partition coefficient (Wildman–Crippen LogP) is 6.06. The molecule has 39 heavy (non-hydrogen) atoms. The van der Waals surface area contributed by atoms with E-state index in [0.29, 0.717) is 17.3 Å². The third kappa shape index (κ3) is 6.02. The number of carbonyl (C=O) groups excluding carboxylic acids is 1. The molecule has 1 fully saturated rings. The summed E-state index contributed by atoms with van der Waals surface area (Å²) in [5.41, 5.74) is 7.19. The van der Waals surface area contributed by atoms with E-state index in [-0.39, 0.29) is 5.91 Å². The van der Waals surface area contributed by atoms with Crippen LogP contribution in [0.15, 0.2) is 72.8 Å². The van der Waals surface area contributed by atoms with Crippen molar-refractivity contribution in [1.82, 2.24) is 19.8 Å². The summed E-state index contributed by atoms with van der Waals surface area (Å²) in [5, 5.41) is 3.78. The lowest BCUT2D eigenvalue weighted by Gasteiger charge is -2.37. The maximum atomic E-state index is 13.2. The van der Waals surface area contributed by atoms with Crippen molar-refractivity contribution in [2.75, 3.05) is 44.2 Å². The van der Waals surface area contributed by atoms with Crippen molar-refractivity contribution < 1.29 is 4.79 Å². The van der Waals surface area contributed by atoms with Crippen LogP contribution in [0, 0.1) is 20.8 Å². The van der Waals surface area contributed by atoms with Gasteiger partial charge in [-0.2, -0.15) is 0 Å². The SMILES string of the molecule is Cc1cccc(N2CCN(CCCNC(=O)c3nc(-c4ccccc4)n(-c4ccc(Cl)cc4)c3C)CC2)c1C. The first-order valence-corrected chi connectivity index (χ1v) is 14.0. The van der Waals surface area contributed by atoms with Crippen LogP contribution >= 0.6 is 11.6 Å². The Hall–Kier alpha value is -3.61. The number of carbonyl (C=O) groups is 1. The lowest BCUT2D eigenvalue weighted by molar-refractivity contribution is 0.0946. The molecule has 0 spiro atoms. The average Bonchev–Trinajstić information content (AvgIpc) is 3.31. The first-order chi connectivity index (χ1) is 18.9. The van der Waals surface area contributed by atoms with Crippen molar-refractivity contribution in [1.29, 1.82) is 0 Å². The molecule has 0 saturated carbocycles. The van der Waals surface area contributed by atoms with Gasteiger partial charge in [0.25, 0.3) is 5.91 Å². The summed E-state index contributed by atoms with van der Waals surface area (Å²) in [4.78, 5) is 23.0. The van der Waals surface area contributed by atoms with Gasteiger partial charge in [0.05, 0.1) is 5.69 Å². The van der Waals surface area contributed by atoms with Gasteiger partial charge < -0.3 is 10.2 Å². The topological polar surface area (TPSA) is 53.4 Å². The first-order valence-electron chi connectivity index (χ1n) is 13.6. The van der Waals surface area contributed by atoms with Crippen molar-refractivity contribution in [3.63, 3.8) is 0 Å². The maximum absolute atomic E-state index is 13.2. The number of rotatable bonds is 8. The van der Waals surface area contributed by atoms with Crippen molar-refractivity contribution in [3.8, 4) is 17.1 Å². The Labute approximate surface area is 236 Å². The van der Waals surface area contributed by atoms with E-state index in [4.69, 9.17) is 16.6 Å². The summed E-state index contributed by atoms with van der Waals surface area (Å²) >= 11 is 6.13. The smallest absolute Gasteiger partial charge is 0.271 e. The lowest BCUT2D eigenvalue weighted by Crippen LogP contribution is -2.47. The Morgan fingerprint density at radius 2 is 1.62 bits per heavy atom. The van der Waals surface area contributed by atoms with E-state index < -0.39 is 0 Å². The summed E-state index contributed by atoms with van der Waals surface area (Å²) in [6.45, 7) is 12.0. The third-order valence-corrected chi connectivity index (χ3v) is 7.92. The van der Waals surface area contributed by atoms with Crippen molar-refractivity contribution in [3.05, 3.63) is 100 Å². The molecule has 1 saturated heterocycles. The molecule has 202 valence electrons. The van der Waals surface area contributed by atoms with Crippen molar-refractivity contribution in [2.24, 2.45) is 0 Å². The molecule has 5 rings (SSSR count). The van der Waals surface area contributed by atoms with Crippen LogP contribution in [0.5, 0.6) is 0 Å². The summed E-state index contributed by atoms with van der Waals surface area (Å²) in [5.74, 6) is 0.597. The second-order valence-corrected chi connectivity index (χ2v) is 10.6. The number of benzene rings is 3. The van der Waals surface area contributed by atoms with Crippen molar-refractivity contribution in [2.45, 2.75) is 27.2 Å². The van der Waals surface area contributed by atoms with Gasteiger partial charge in [-0.25, -0.2) is 4.98 Å². The standard InChI is InChI=1S/C32H36ClN5O/c1-23-9-7-12-29(24(23)2)37-21-19-36(20-22-37)18-8-17-34-32(39)30-25(3)38(28-15-13-27(33)14-16-28)31(35-30)26-10-5-4-6-11-26/h4-7,9-16H,8,17-22H2,1-3H3,(H,34,39). The minimum absolute atomic E-state index is 0.142. The van der Waals surface area contributed by atoms with E-state index in [1.165, 1.54) is 16.8 Å². The van der Waals surface area contributed by atoms with Gasteiger partial charge in [-0.15, -0.1) is 0 Å². The molecule has 1 amide bonds. The number of nitrogens with zero attached hydrogens (tertiary/aromatic N) is 4. The summed E-state index contributed by atoms with van der Waals surface area (Å²) < 4.78 is 2.02.